The van der Waals surface area contributed by atoms with Crippen LogP contribution in [0.5, 0.6) is 0 Å². The van der Waals surface area contributed by atoms with Crippen LogP contribution in [0, 0.1) is 18.2 Å². The number of amides is 2. The van der Waals surface area contributed by atoms with Gasteiger partial charge in [-0.2, -0.15) is 0 Å². The van der Waals surface area contributed by atoms with Gasteiger partial charge in [-0.25, -0.2) is 9.18 Å². The largest absolute Gasteiger partial charge is 0.480 e. The first kappa shape index (κ1) is 14.5. The highest BCUT2D eigenvalue weighted by atomic mass is 19.1. The summed E-state index contributed by atoms with van der Waals surface area (Å²) in [6.45, 7) is -0.606. The van der Waals surface area contributed by atoms with Gasteiger partial charge in [-0.3, -0.25) is 9.69 Å². The fourth-order valence-electron chi connectivity index (χ4n) is 1.45. The molecular weight excluding hydrogens is 251 g/mol. The van der Waals surface area contributed by atoms with Gasteiger partial charge in [-0.1, -0.05) is 5.92 Å². The first-order chi connectivity index (χ1) is 8.95. The lowest BCUT2D eigenvalue weighted by Crippen LogP contribution is -2.44. The van der Waals surface area contributed by atoms with E-state index in [0.29, 0.717) is 5.69 Å². The number of rotatable bonds is 4. The van der Waals surface area contributed by atoms with Gasteiger partial charge in [0.2, 0.25) is 0 Å². The number of hydrogen-bond donors (Lipinski definition) is 1. The zero-order chi connectivity index (χ0) is 14.4. The Balaban J connectivity index is 2.86. The van der Waals surface area contributed by atoms with Crippen molar-refractivity contribution >= 4 is 17.7 Å². The van der Waals surface area contributed by atoms with E-state index in [-0.39, 0.29) is 6.54 Å². The molecule has 0 fully saturated rings. The van der Waals surface area contributed by atoms with E-state index in [1.54, 1.807) is 0 Å². The minimum absolute atomic E-state index is 0.114. The Bertz CT molecular complexity index is 508. The van der Waals surface area contributed by atoms with Gasteiger partial charge in [0.05, 0.1) is 6.54 Å². The summed E-state index contributed by atoms with van der Waals surface area (Å²) in [6.07, 6.45) is 5.10. The maximum Gasteiger partial charge on any atom is 0.325 e. The molecule has 0 aromatic heterocycles. The van der Waals surface area contributed by atoms with E-state index in [1.807, 2.05) is 0 Å². The summed E-state index contributed by atoms with van der Waals surface area (Å²) < 4.78 is 12.8. The van der Waals surface area contributed by atoms with Crippen LogP contribution in [0.4, 0.5) is 14.9 Å². The third kappa shape index (κ3) is 4.00. The second kappa shape index (κ2) is 6.40. The van der Waals surface area contributed by atoms with Crippen LogP contribution < -0.4 is 4.90 Å². The van der Waals surface area contributed by atoms with E-state index in [4.69, 9.17) is 11.5 Å². The van der Waals surface area contributed by atoms with E-state index in [0.717, 1.165) is 4.90 Å². The molecule has 0 atom stereocenters. The van der Waals surface area contributed by atoms with E-state index < -0.39 is 24.4 Å². The lowest BCUT2D eigenvalue weighted by Gasteiger charge is -2.25. The summed E-state index contributed by atoms with van der Waals surface area (Å²) in [5.41, 5.74) is 0.443. The fourth-order valence-corrected chi connectivity index (χ4v) is 1.45. The highest BCUT2D eigenvalue weighted by Gasteiger charge is 2.20. The van der Waals surface area contributed by atoms with Crippen molar-refractivity contribution < 1.29 is 19.1 Å². The Morgan fingerprint density at radius 1 is 1.37 bits per heavy atom. The molecule has 0 bridgehead atoms. The number of carboxylic acids is 1. The van der Waals surface area contributed by atoms with E-state index in [9.17, 15) is 14.0 Å². The smallest absolute Gasteiger partial charge is 0.325 e. The first-order valence-corrected chi connectivity index (χ1v) is 5.39. The van der Waals surface area contributed by atoms with Crippen LogP contribution in [0.25, 0.3) is 0 Å². The van der Waals surface area contributed by atoms with Crippen molar-refractivity contribution in [1.29, 1.82) is 0 Å². The molecule has 2 amide bonds. The zero-order valence-corrected chi connectivity index (χ0v) is 10.3. The summed E-state index contributed by atoms with van der Waals surface area (Å²) in [5, 5.41) is 8.72. The molecule has 0 heterocycles. The molecular formula is C13H13FN2O3. The third-order valence-electron chi connectivity index (χ3n) is 2.38. The molecule has 0 unspecified atom stereocenters. The predicted molar refractivity (Wildman–Crippen MR) is 68.2 cm³/mol. The summed E-state index contributed by atoms with van der Waals surface area (Å²) in [5.74, 6) is 0.647. The SMILES string of the molecule is C#CCN(CC(=O)O)C(=O)N(C)c1ccc(F)cc1. The standard InChI is InChI=1S/C13H13FN2O3/c1-3-8-16(9-12(17)18)13(19)15(2)11-6-4-10(14)5-7-11/h1,4-7H,8-9H2,2H3,(H,17,18). The molecule has 0 aliphatic heterocycles. The molecule has 0 saturated carbocycles. The second-order valence-corrected chi connectivity index (χ2v) is 3.77. The molecule has 0 aliphatic rings. The van der Waals surface area contributed by atoms with Gasteiger partial charge in [0.1, 0.15) is 12.4 Å². The van der Waals surface area contributed by atoms with Crippen LogP contribution in [0.2, 0.25) is 0 Å². The van der Waals surface area contributed by atoms with Gasteiger partial charge >= 0.3 is 12.0 Å². The quantitative estimate of drug-likeness (QED) is 0.836. The molecule has 1 N–H and O–H groups in total. The molecule has 1 aromatic carbocycles. The number of carbonyl (C=O) groups is 2. The Morgan fingerprint density at radius 2 is 1.95 bits per heavy atom. The molecule has 19 heavy (non-hydrogen) atoms. The minimum atomic E-state index is -1.16. The molecule has 5 nitrogen and oxygen atoms in total. The van der Waals surface area contributed by atoms with Crippen molar-refractivity contribution in [2.24, 2.45) is 0 Å². The fraction of sp³-hybridized carbons (Fsp3) is 0.231. The van der Waals surface area contributed by atoms with Crippen LogP contribution in [0.15, 0.2) is 24.3 Å². The lowest BCUT2D eigenvalue weighted by molar-refractivity contribution is -0.137. The average Bonchev–Trinajstić information content (AvgIpc) is 2.37. The van der Waals surface area contributed by atoms with Crippen molar-refractivity contribution in [3.8, 4) is 12.3 Å². The number of carbonyl (C=O) groups excluding carboxylic acids is 1. The number of nitrogens with zero attached hydrogens (tertiary/aromatic N) is 2. The number of urea groups is 1. The number of carboxylic acid groups (broad SMARTS) is 1. The Kier molecular flexibility index (Phi) is 4.89. The van der Waals surface area contributed by atoms with Crippen LogP contribution in [0.1, 0.15) is 0 Å². The molecule has 0 saturated heterocycles. The number of aliphatic carboxylic acids is 1. The Morgan fingerprint density at radius 3 is 2.42 bits per heavy atom. The van der Waals surface area contributed by atoms with Crippen LogP contribution >= 0.6 is 0 Å². The Labute approximate surface area is 110 Å². The minimum Gasteiger partial charge on any atom is -0.480 e. The lowest BCUT2D eigenvalue weighted by atomic mass is 10.3. The highest BCUT2D eigenvalue weighted by molar-refractivity contribution is 5.93. The summed E-state index contributed by atoms with van der Waals surface area (Å²) >= 11 is 0. The summed E-state index contributed by atoms with van der Waals surface area (Å²) in [7, 11) is 1.46. The van der Waals surface area contributed by atoms with Gasteiger partial charge < -0.3 is 10.0 Å². The maximum atomic E-state index is 12.8. The summed E-state index contributed by atoms with van der Waals surface area (Å²) in [6, 6.07) is 4.69. The van der Waals surface area contributed by atoms with Gasteiger partial charge in [0, 0.05) is 12.7 Å². The van der Waals surface area contributed by atoms with Gasteiger partial charge in [-0.05, 0) is 24.3 Å². The predicted octanol–water partition coefficient (Wildman–Crippen LogP) is 1.40. The second-order valence-electron chi connectivity index (χ2n) is 3.77. The van der Waals surface area contributed by atoms with Crippen molar-refractivity contribution in [1.82, 2.24) is 4.90 Å². The Hall–Kier alpha value is -2.55. The van der Waals surface area contributed by atoms with Crippen molar-refractivity contribution in [3.63, 3.8) is 0 Å². The van der Waals surface area contributed by atoms with Gasteiger partial charge in [0.15, 0.2) is 0 Å². The van der Waals surface area contributed by atoms with Crippen molar-refractivity contribution in [2.45, 2.75) is 0 Å². The third-order valence-corrected chi connectivity index (χ3v) is 2.38. The monoisotopic (exact) mass is 264 g/mol. The topological polar surface area (TPSA) is 60.9 Å². The maximum absolute atomic E-state index is 12.8. The molecule has 0 aliphatic carbocycles. The van der Waals surface area contributed by atoms with Crippen molar-refractivity contribution in [2.75, 3.05) is 25.0 Å². The number of halogens is 1. The average molecular weight is 264 g/mol. The molecule has 100 valence electrons. The van der Waals surface area contributed by atoms with E-state index in [1.165, 1.54) is 36.2 Å². The molecule has 0 spiro atoms. The van der Waals surface area contributed by atoms with Crippen molar-refractivity contribution in [3.05, 3.63) is 30.1 Å². The zero-order valence-electron chi connectivity index (χ0n) is 10.3. The van der Waals surface area contributed by atoms with Gasteiger partial charge in [0.25, 0.3) is 0 Å². The molecule has 1 aromatic rings. The highest BCUT2D eigenvalue weighted by Crippen LogP contribution is 2.14. The van der Waals surface area contributed by atoms with E-state index >= 15 is 0 Å². The molecule has 6 heteroatoms. The molecule has 0 radical (unpaired) electrons. The van der Waals surface area contributed by atoms with Gasteiger partial charge in [-0.15, -0.1) is 6.42 Å². The van der Waals surface area contributed by atoms with Crippen LogP contribution in [-0.4, -0.2) is 42.1 Å². The number of benzene rings is 1. The number of hydrogen-bond acceptors (Lipinski definition) is 2. The number of anilines is 1. The first-order valence-electron chi connectivity index (χ1n) is 5.39. The number of terminal acetylenes is 1. The van der Waals surface area contributed by atoms with Crippen LogP contribution in [0.3, 0.4) is 0 Å². The van der Waals surface area contributed by atoms with E-state index in [2.05, 4.69) is 5.92 Å². The summed E-state index contributed by atoms with van der Waals surface area (Å²) in [4.78, 5) is 24.9. The van der Waals surface area contributed by atoms with Crippen LogP contribution in [-0.2, 0) is 4.79 Å². The normalized spacial score (nSPS) is 9.53. The molecule has 1 rings (SSSR count).